The van der Waals surface area contributed by atoms with E-state index in [-0.39, 0.29) is 6.10 Å². The van der Waals surface area contributed by atoms with Gasteiger partial charge in [-0.1, -0.05) is 36.3 Å². The zero-order valence-electron chi connectivity index (χ0n) is 16.5. The van der Waals surface area contributed by atoms with Crippen LogP contribution < -0.4 is 4.74 Å². The highest BCUT2D eigenvalue weighted by atomic mass is 16.5. The molecule has 148 valence electrons. The molecule has 1 aliphatic carbocycles. The standard InChI is InChI=1S/C23H33NO3/c1-17-9-10-18-13-21(17)23(27-15-18)20-7-3-4-8-22(20)26-16-19(25)14-24-11-5-2-6-12-24/h3-4,7-9,18-19,21,23,25H,2,5-6,10-16H2,1H3. The van der Waals surface area contributed by atoms with Crippen LogP contribution in [-0.4, -0.2) is 49.0 Å². The van der Waals surface area contributed by atoms with Gasteiger partial charge in [0, 0.05) is 18.0 Å². The predicted octanol–water partition coefficient (Wildman–Crippen LogP) is 3.96. The summed E-state index contributed by atoms with van der Waals surface area (Å²) in [6.07, 6.45) is 8.15. The second-order valence-corrected chi connectivity index (χ2v) is 8.51. The van der Waals surface area contributed by atoms with Gasteiger partial charge in [-0.25, -0.2) is 0 Å². The van der Waals surface area contributed by atoms with E-state index in [0.29, 0.717) is 25.0 Å². The molecule has 27 heavy (non-hydrogen) atoms. The Morgan fingerprint density at radius 1 is 1.22 bits per heavy atom. The number of aliphatic hydroxyl groups excluding tert-OH is 1. The van der Waals surface area contributed by atoms with Gasteiger partial charge in [0.05, 0.1) is 12.7 Å². The van der Waals surface area contributed by atoms with Crippen LogP contribution in [0.5, 0.6) is 5.75 Å². The lowest BCUT2D eigenvalue weighted by atomic mass is 9.75. The van der Waals surface area contributed by atoms with Crippen molar-refractivity contribution in [2.75, 3.05) is 32.8 Å². The lowest BCUT2D eigenvalue weighted by Gasteiger charge is -2.40. The summed E-state index contributed by atoms with van der Waals surface area (Å²) in [5.41, 5.74) is 2.57. The van der Waals surface area contributed by atoms with Crippen LogP contribution in [0.2, 0.25) is 0 Å². The fraction of sp³-hybridized carbons (Fsp3) is 0.652. The average molecular weight is 372 g/mol. The molecule has 2 fully saturated rings. The Hall–Kier alpha value is -1.36. The third kappa shape index (κ3) is 4.56. The second kappa shape index (κ2) is 8.76. The molecule has 0 saturated carbocycles. The monoisotopic (exact) mass is 371 g/mol. The quantitative estimate of drug-likeness (QED) is 0.769. The molecular weight excluding hydrogens is 338 g/mol. The molecule has 1 aromatic rings. The highest BCUT2D eigenvalue weighted by Crippen LogP contribution is 2.46. The fourth-order valence-corrected chi connectivity index (χ4v) is 4.83. The van der Waals surface area contributed by atoms with Crippen LogP contribution in [-0.2, 0) is 4.74 Å². The van der Waals surface area contributed by atoms with Gasteiger partial charge >= 0.3 is 0 Å². The summed E-state index contributed by atoms with van der Waals surface area (Å²) in [6, 6.07) is 8.20. The predicted molar refractivity (Wildman–Crippen MR) is 107 cm³/mol. The Labute approximate surface area is 163 Å². The number of aliphatic hydroxyl groups is 1. The number of ether oxygens (including phenoxy) is 2. The van der Waals surface area contributed by atoms with Gasteiger partial charge in [-0.3, -0.25) is 0 Å². The Balaban J connectivity index is 1.40. The molecule has 2 bridgehead atoms. The van der Waals surface area contributed by atoms with Crippen molar-refractivity contribution in [2.24, 2.45) is 11.8 Å². The first-order valence-corrected chi connectivity index (χ1v) is 10.6. The lowest BCUT2D eigenvalue weighted by molar-refractivity contribution is -0.0527. The number of hydrogen-bond donors (Lipinski definition) is 1. The van der Waals surface area contributed by atoms with Crippen LogP contribution >= 0.6 is 0 Å². The molecule has 4 atom stereocenters. The van der Waals surface area contributed by atoms with Gasteiger partial charge in [-0.2, -0.15) is 0 Å². The Morgan fingerprint density at radius 2 is 2.04 bits per heavy atom. The molecule has 4 unspecified atom stereocenters. The van der Waals surface area contributed by atoms with Crippen LogP contribution in [0.1, 0.15) is 50.7 Å². The number of piperidine rings is 1. The normalized spacial score (nSPS) is 29.9. The third-order valence-electron chi connectivity index (χ3n) is 6.40. The topological polar surface area (TPSA) is 41.9 Å². The minimum atomic E-state index is -0.455. The molecular formula is C23H33NO3. The maximum absolute atomic E-state index is 10.4. The van der Waals surface area contributed by atoms with Crippen molar-refractivity contribution in [3.63, 3.8) is 0 Å². The van der Waals surface area contributed by atoms with Gasteiger partial charge in [0.25, 0.3) is 0 Å². The highest BCUT2D eigenvalue weighted by Gasteiger charge is 2.36. The molecule has 0 radical (unpaired) electrons. The summed E-state index contributed by atoms with van der Waals surface area (Å²) >= 11 is 0. The number of para-hydroxylation sites is 1. The SMILES string of the molecule is CC1=CCC2COC(c3ccccc3OCC(O)CN3CCCCC3)C1C2. The molecule has 2 heterocycles. The van der Waals surface area contributed by atoms with Crippen molar-refractivity contribution in [2.45, 2.75) is 51.2 Å². The summed E-state index contributed by atoms with van der Waals surface area (Å²) in [7, 11) is 0. The molecule has 4 nitrogen and oxygen atoms in total. The number of β-amino-alcohol motifs (C(OH)–C–C–N with tert-alkyl or cyclic N) is 1. The fourth-order valence-electron chi connectivity index (χ4n) is 4.83. The zero-order chi connectivity index (χ0) is 18.6. The third-order valence-corrected chi connectivity index (χ3v) is 6.40. The lowest BCUT2D eigenvalue weighted by Crippen LogP contribution is -2.38. The summed E-state index contributed by atoms with van der Waals surface area (Å²) in [5, 5.41) is 10.4. The summed E-state index contributed by atoms with van der Waals surface area (Å²) < 4.78 is 12.4. The summed E-state index contributed by atoms with van der Waals surface area (Å²) in [5.74, 6) is 1.96. The van der Waals surface area contributed by atoms with Crippen molar-refractivity contribution in [1.82, 2.24) is 4.90 Å². The number of hydrogen-bond acceptors (Lipinski definition) is 4. The molecule has 3 aliphatic rings. The maximum atomic E-state index is 10.4. The number of benzene rings is 1. The van der Waals surface area contributed by atoms with E-state index in [1.54, 1.807) is 0 Å². The van der Waals surface area contributed by atoms with Gasteiger partial charge in [0.1, 0.15) is 18.5 Å². The molecule has 0 aromatic heterocycles. The van der Waals surface area contributed by atoms with E-state index in [1.807, 2.05) is 12.1 Å². The Kier molecular flexibility index (Phi) is 6.16. The van der Waals surface area contributed by atoms with Crippen molar-refractivity contribution >= 4 is 0 Å². The average Bonchev–Trinajstić information content (AvgIpc) is 2.71. The summed E-state index contributed by atoms with van der Waals surface area (Å²) in [4.78, 5) is 2.35. The first kappa shape index (κ1) is 19.0. The van der Waals surface area contributed by atoms with Crippen molar-refractivity contribution in [3.05, 3.63) is 41.5 Å². The largest absolute Gasteiger partial charge is 0.490 e. The second-order valence-electron chi connectivity index (χ2n) is 8.51. The van der Waals surface area contributed by atoms with Gasteiger partial charge < -0.3 is 19.5 Å². The van der Waals surface area contributed by atoms with Gasteiger partial charge in [-0.15, -0.1) is 0 Å². The van der Waals surface area contributed by atoms with Gasteiger partial charge in [-0.05, 0) is 57.7 Å². The van der Waals surface area contributed by atoms with Crippen molar-refractivity contribution in [1.29, 1.82) is 0 Å². The molecule has 1 N–H and O–H groups in total. The van der Waals surface area contributed by atoms with Gasteiger partial charge in [0.15, 0.2) is 0 Å². The first-order valence-electron chi connectivity index (χ1n) is 10.6. The molecule has 2 saturated heterocycles. The molecule has 4 rings (SSSR count). The number of allylic oxidation sites excluding steroid dienone is 1. The first-order chi connectivity index (χ1) is 13.2. The van der Waals surface area contributed by atoms with Crippen LogP contribution in [0.3, 0.4) is 0 Å². The smallest absolute Gasteiger partial charge is 0.125 e. The molecule has 0 spiro atoms. The van der Waals surface area contributed by atoms with Crippen LogP contribution in [0, 0.1) is 11.8 Å². The van der Waals surface area contributed by atoms with Crippen molar-refractivity contribution in [3.8, 4) is 5.75 Å². The Bertz CT molecular complexity index is 653. The molecule has 0 amide bonds. The Morgan fingerprint density at radius 3 is 2.89 bits per heavy atom. The highest BCUT2D eigenvalue weighted by molar-refractivity contribution is 5.37. The van der Waals surface area contributed by atoms with Crippen LogP contribution in [0.4, 0.5) is 0 Å². The minimum absolute atomic E-state index is 0.0632. The minimum Gasteiger partial charge on any atom is -0.490 e. The molecule has 2 aliphatic heterocycles. The number of rotatable bonds is 6. The van der Waals surface area contributed by atoms with Crippen molar-refractivity contribution < 1.29 is 14.6 Å². The number of nitrogens with zero attached hydrogens (tertiary/aromatic N) is 1. The van der Waals surface area contributed by atoms with E-state index in [9.17, 15) is 5.11 Å². The molecule has 1 aromatic carbocycles. The van der Waals surface area contributed by atoms with E-state index < -0.39 is 6.10 Å². The van der Waals surface area contributed by atoms with E-state index >= 15 is 0 Å². The number of likely N-dealkylation sites (tertiary alicyclic amines) is 1. The molecule has 4 heteroatoms. The van der Waals surface area contributed by atoms with E-state index in [0.717, 1.165) is 37.4 Å². The van der Waals surface area contributed by atoms with E-state index in [1.165, 1.54) is 31.3 Å². The van der Waals surface area contributed by atoms with E-state index in [4.69, 9.17) is 9.47 Å². The van der Waals surface area contributed by atoms with Crippen LogP contribution in [0.15, 0.2) is 35.9 Å². The van der Waals surface area contributed by atoms with E-state index in [2.05, 4.69) is 30.0 Å². The van der Waals surface area contributed by atoms with Gasteiger partial charge in [0.2, 0.25) is 0 Å². The van der Waals surface area contributed by atoms with Crippen LogP contribution in [0.25, 0.3) is 0 Å². The zero-order valence-corrected chi connectivity index (χ0v) is 16.5. The maximum Gasteiger partial charge on any atom is 0.125 e. The summed E-state index contributed by atoms with van der Waals surface area (Å²) in [6.45, 7) is 6.29. The number of fused-ring (bicyclic) bond motifs is 2.